The molecule has 0 bridgehead atoms. The highest BCUT2D eigenvalue weighted by Gasteiger charge is 2.28. The third-order valence-corrected chi connectivity index (χ3v) is 3.06. The summed E-state index contributed by atoms with van der Waals surface area (Å²) in [6.07, 6.45) is 4.90. The molecule has 2 fully saturated rings. The van der Waals surface area contributed by atoms with E-state index in [-0.39, 0.29) is 6.10 Å². The summed E-state index contributed by atoms with van der Waals surface area (Å²) in [4.78, 5) is 2.46. The fourth-order valence-corrected chi connectivity index (χ4v) is 2.13. The van der Waals surface area contributed by atoms with Crippen LogP contribution in [0.4, 0.5) is 0 Å². The Kier molecular flexibility index (Phi) is 2.14. The molecule has 64 valence electrons. The molecule has 0 spiro atoms. The monoisotopic (exact) mass is 155 g/mol. The van der Waals surface area contributed by atoms with E-state index in [1.54, 1.807) is 0 Å². The van der Waals surface area contributed by atoms with Crippen molar-refractivity contribution in [1.29, 1.82) is 0 Å². The van der Waals surface area contributed by atoms with Gasteiger partial charge in [-0.25, -0.2) is 0 Å². The van der Waals surface area contributed by atoms with Crippen molar-refractivity contribution in [2.45, 2.75) is 31.8 Å². The molecule has 1 N–H and O–H groups in total. The van der Waals surface area contributed by atoms with Crippen LogP contribution in [0.3, 0.4) is 0 Å². The maximum atomic E-state index is 9.53. The van der Waals surface area contributed by atoms with Gasteiger partial charge in [0.25, 0.3) is 0 Å². The zero-order valence-electron chi connectivity index (χ0n) is 7.00. The molecule has 1 saturated carbocycles. The van der Waals surface area contributed by atoms with Crippen molar-refractivity contribution in [3.63, 3.8) is 0 Å². The lowest BCUT2D eigenvalue weighted by molar-refractivity contribution is 0.0790. The highest BCUT2D eigenvalue weighted by Crippen LogP contribution is 2.27. The van der Waals surface area contributed by atoms with Gasteiger partial charge in [0.15, 0.2) is 0 Å². The number of aliphatic hydroxyl groups excluding tert-OH is 1. The van der Waals surface area contributed by atoms with Crippen LogP contribution in [0.2, 0.25) is 0 Å². The predicted octanol–water partition coefficient (Wildman–Crippen LogP) is 0.853. The number of hydrogen-bond acceptors (Lipinski definition) is 2. The van der Waals surface area contributed by atoms with Crippen molar-refractivity contribution >= 4 is 0 Å². The summed E-state index contributed by atoms with van der Waals surface area (Å²) in [6.45, 7) is 3.69. The Morgan fingerprint density at radius 3 is 2.45 bits per heavy atom. The summed E-state index contributed by atoms with van der Waals surface area (Å²) in [5.74, 6) is 0.593. The van der Waals surface area contributed by atoms with E-state index < -0.39 is 0 Å². The molecule has 0 aromatic rings. The first kappa shape index (κ1) is 7.56. The van der Waals surface area contributed by atoms with E-state index >= 15 is 0 Å². The second kappa shape index (κ2) is 3.11. The van der Waals surface area contributed by atoms with Gasteiger partial charge in [-0.1, -0.05) is 6.42 Å². The van der Waals surface area contributed by atoms with Crippen molar-refractivity contribution in [3.8, 4) is 0 Å². The van der Waals surface area contributed by atoms with Gasteiger partial charge >= 0.3 is 0 Å². The first-order valence-electron chi connectivity index (χ1n) is 4.76. The molecule has 0 radical (unpaired) electrons. The third-order valence-electron chi connectivity index (χ3n) is 3.06. The SMILES string of the molecule is OC1CCCC1CN1CCC1. The van der Waals surface area contributed by atoms with Crippen molar-refractivity contribution in [3.05, 3.63) is 0 Å². The van der Waals surface area contributed by atoms with Gasteiger partial charge in [-0.15, -0.1) is 0 Å². The van der Waals surface area contributed by atoms with Gasteiger partial charge < -0.3 is 10.0 Å². The van der Waals surface area contributed by atoms with Crippen molar-refractivity contribution in [2.75, 3.05) is 19.6 Å². The maximum absolute atomic E-state index is 9.53. The Bertz CT molecular complexity index is 134. The Morgan fingerprint density at radius 1 is 1.18 bits per heavy atom. The zero-order valence-corrected chi connectivity index (χ0v) is 7.00. The second-order valence-electron chi connectivity index (χ2n) is 3.91. The Morgan fingerprint density at radius 2 is 2.00 bits per heavy atom. The van der Waals surface area contributed by atoms with Crippen molar-refractivity contribution in [1.82, 2.24) is 4.90 Å². The lowest BCUT2D eigenvalue weighted by atomic mass is 10.0. The minimum Gasteiger partial charge on any atom is -0.393 e. The Balaban J connectivity index is 1.75. The predicted molar refractivity (Wildman–Crippen MR) is 44.4 cm³/mol. The van der Waals surface area contributed by atoms with Crippen LogP contribution in [0.5, 0.6) is 0 Å². The van der Waals surface area contributed by atoms with E-state index in [1.807, 2.05) is 0 Å². The number of rotatable bonds is 2. The highest BCUT2D eigenvalue weighted by molar-refractivity contribution is 4.81. The second-order valence-corrected chi connectivity index (χ2v) is 3.91. The van der Waals surface area contributed by atoms with E-state index in [1.165, 1.54) is 32.4 Å². The van der Waals surface area contributed by atoms with Crippen LogP contribution in [-0.4, -0.2) is 35.7 Å². The highest BCUT2D eigenvalue weighted by atomic mass is 16.3. The average molecular weight is 155 g/mol. The molecule has 2 heteroatoms. The number of aliphatic hydroxyl groups is 1. The van der Waals surface area contributed by atoms with Gasteiger partial charge in [0, 0.05) is 6.54 Å². The van der Waals surface area contributed by atoms with Crippen LogP contribution in [0, 0.1) is 5.92 Å². The molecule has 0 amide bonds. The lowest BCUT2D eigenvalue weighted by Gasteiger charge is -2.33. The summed E-state index contributed by atoms with van der Waals surface area (Å²) in [5.41, 5.74) is 0. The van der Waals surface area contributed by atoms with E-state index in [4.69, 9.17) is 0 Å². The zero-order chi connectivity index (χ0) is 7.68. The lowest BCUT2D eigenvalue weighted by Crippen LogP contribution is -2.41. The smallest absolute Gasteiger partial charge is 0.0580 e. The summed E-state index contributed by atoms with van der Waals surface area (Å²) >= 11 is 0. The van der Waals surface area contributed by atoms with Crippen LogP contribution < -0.4 is 0 Å². The van der Waals surface area contributed by atoms with E-state index in [2.05, 4.69) is 4.90 Å². The topological polar surface area (TPSA) is 23.5 Å². The van der Waals surface area contributed by atoms with E-state index in [9.17, 15) is 5.11 Å². The van der Waals surface area contributed by atoms with Crippen LogP contribution >= 0.6 is 0 Å². The van der Waals surface area contributed by atoms with Crippen LogP contribution in [0.1, 0.15) is 25.7 Å². The van der Waals surface area contributed by atoms with E-state index in [0.717, 1.165) is 13.0 Å². The molecule has 0 aromatic carbocycles. The molecule has 1 aliphatic carbocycles. The minimum absolute atomic E-state index is 0.00981. The number of likely N-dealkylation sites (tertiary alicyclic amines) is 1. The Labute approximate surface area is 68.2 Å². The maximum Gasteiger partial charge on any atom is 0.0580 e. The Hall–Kier alpha value is -0.0800. The normalized spacial score (nSPS) is 39.0. The quantitative estimate of drug-likeness (QED) is 0.639. The fraction of sp³-hybridized carbons (Fsp3) is 1.00. The van der Waals surface area contributed by atoms with Gasteiger partial charge in [0.2, 0.25) is 0 Å². The van der Waals surface area contributed by atoms with Gasteiger partial charge in [0.05, 0.1) is 6.10 Å². The van der Waals surface area contributed by atoms with Gasteiger partial charge in [-0.2, -0.15) is 0 Å². The standard InChI is InChI=1S/C9H17NO/c11-9-4-1-3-8(9)7-10-5-2-6-10/h8-9,11H,1-7H2. The molecule has 1 aliphatic heterocycles. The third kappa shape index (κ3) is 1.57. The molecule has 11 heavy (non-hydrogen) atoms. The molecule has 2 atom stereocenters. The summed E-state index contributed by atoms with van der Waals surface area (Å²) in [5, 5.41) is 9.53. The fourth-order valence-electron chi connectivity index (χ4n) is 2.13. The van der Waals surface area contributed by atoms with Crippen molar-refractivity contribution < 1.29 is 5.11 Å². The molecule has 1 saturated heterocycles. The molecule has 2 nitrogen and oxygen atoms in total. The number of nitrogens with zero attached hydrogens (tertiary/aromatic N) is 1. The first-order chi connectivity index (χ1) is 5.36. The average Bonchev–Trinajstić information content (AvgIpc) is 2.27. The minimum atomic E-state index is 0.00981. The van der Waals surface area contributed by atoms with Crippen LogP contribution in [-0.2, 0) is 0 Å². The van der Waals surface area contributed by atoms with Gasteiger partial charge in [-0.3, -0.25) is 0 Å². The number of hydrogen-bond donors (Lipinski definition) is 1. The summed E-state index contributed by atoms with van der Waals surface area (Å²) < 4.78 is 0. The summed E-state index contributed by atoms with van der Waals surface area (Å²) in [7, 11) is 0. The first-order valence-corrected chi connectivity index (χ1v) is 4.76. The van der Waals surface area contributed by atoms with Crippen molar-refractivity contribution in [2.24, 2.45) is 5.92 Å². The molecule has 0 aromatic heterocycles. The molecule has 1 heterocycles. The van der Waals surface area contributed by atoms with Gasteiger partial charge in [0.1, 0.15) is 0 Å². The molecule has 2 rings (SSSR count). The molecule has 2 unspecified atom stereocenters. The molecular weight excluding hydrogens is 138 g/mol. The van der Waals surface area contributed by atoms with E-state index in [0.29, 0.717) is 5.92 Å². The molecular formula is C9H17NO. The largest absolute Gasteiger partial charge is 0.393 e. The summed E-state index contributed by atoms with van der Waals surface area (Å²) in [6, 6.07) is 0. The van der Waals surface area contributed by atoms with Gasteiger partial charge in [-0.05, 0) is 38.3 Å². The van der Waals surface area contributed by atoms with Crippen LogP contribution in [0.15, 0.2) is 0 Å². The van der Waals surface area contributed by atoms with Crippen LogP contribution in [0.25, 0.3) is 0 Å². The molecule has 2 aliphatic rings.